The van der Waals surface area contributed by atoms with Gasteiger partial charge in [0, 0.05) is 6.07 Å². The average molecular weight is 388 g/mol. The number of rotatable bonds is 4. The number of alkyl halides is 3. The van der Waals surface area contributed by atoms with Crippen LogP contribution in [-0.4, -0.2) is 24.1 Å². The Kier molecular flexibility index (Phi) is 4.87. The van der Waals surface area contributed by atoms with E-state index in [1.807, 2.05) is 0 Å². The number of anilines is 1. The minimum absolute atomic E-state index is 0.0400. The summed E-state index contributed by atoms with van der Waals surface area (Å²) in [5.41, 5.74) is -5.81. The Labute approximate surface area is 138 Å². The second-order valence-corrected chi connectivity index (χ2v) is 6.46. The van der Waals surface area contributed by atoms with E-state index in [2.05, 4.69) is 10.2 Å². The fraction of sp³-hybridized carbons (Fsp3) is 0.0909. The summed E-state index contributed by atoms with van der Waals surface area (Å²) in [6, 6.07) is 5.99. The second kappa shape index (κ2) is 6.38. The predicted molar refractivity (Wildman–Crippen MR) is 77.2 cm³/mol. The van der Waals surface area contributed by atoms with Gasteiger partial charge in [0.15, 0.2) is 5.15 Å². The molecule has 1 N–H and O–H groups in total. The highest BCUT2D eigenvalue weighted by Crippen LogP contribution is 2.32. The highest BCUT2D eigenvalue weighted by molar-refractivity contribution is 7.93. The van der Waals surface area contributed by atoms with Gasteiger partial charge < -0.3 is 4.74 Å². The first-order chi connectivity index (χ1) is 10.6. The number of hydrogen-bond acceptors (Lipinski definition) is 5. The van der Waals surface area contributed by atoms with Gasteiger partial charge in [0.2, 0.25) is 5.88 Å². The molecule has 1 aromatic carbocycles. The number of hydrogen-bond donors (Lipinski definition) is 1. The summed E-state index contributed by atoms with van der Waals surface area (Å²) in [5, 5.41) is 7.14. The van der Waals surface area contributed by atoms with Gasteiger partial charge in [-0.15, -0.1) is 10.2 Å². The highest BCUT2D eigenvalue weighted by Gasteiger charge is 2.46. The maximum atomic E-state index is 12.3. The minimum atomic E-state index is -5.53. The van der Waals surface area contributed by atoms with Gasteiger partial charge in [-0.3, -0.25) is 4.72 Å². The molecule has 0 atom stereocenters. The highest BCUT2D eigenvalue weighted by atomic mass is 35.5. The fourth-order valence-electron chi connectivity index (χ4n) is 1.33. The summed E-state index contributed by atoms with van der Waals surface area (Å²) in [4.78, 5) is 0. The van der Waals surface area contributed by atoms with Gasteiger partial charge in [-0.1, -0.05) is 23.2 Å². The van der Waals surface area contributed by atoms with Crippen LogP contribution >= 0.6 is 23.2 Å². The van der Waals surface area contributed by atoms with Gasteiger partial charge in [0.25, 0.3) is 0 Å². The van der Waals surface area contributed by atoms with E-state index in [1.54, 1.807) is 0 Å². The van der Waals surface area contributed by atoms with Crippen molar-refractivity contribution in [3.05, 3.63) is 40.5 Å². The Hall–Kier alpha value is -1.78. The lowest BCUT2D eigenvalue weighted by Gasteiger charge is -2.12. The van der Waals surface area contributed by atoms with E-state index in [4.69, 9.17) is 27.9 Å². The van der Waals surface area contributed by atoms with E-state index < -0.39 is 15.5 Å². The normalized spacial score (nSPS) is 12.0. The first-order valence-electron chi connectivity index (χ1n) is 5.64. The molecule has 0 unspecified atom stereocenters. The number of aromatic nitrogens is 2. The van der Waals surface area contributed by atoms with Crippen molar-refractivity contribution in [2.24, 2.45) is 0 Å². The van der Waals surface area contributed by atoms with Gasteiger partial charge in [0.05, 0.1) is 10.7 Å². The van der Waals surface area contributed by atoms with E-state index in [9.17, 15) is 21.6 Å². The maximum absolute atomic E-state index is 12.3. The Morgan fingerprint density at radius 1 is 1.09 bits per heavy atom. The van der Waals surface area contributed by atoms with Crippen LogP contribution in [0, 0.1) is 0 Å². The topological polar surface area (TPSA) is 81.2 Å². The van der Waals surface area contributed by atoms with Crippen LogP contribution in [0.2, 0.25) is 10.2 Å². The molecule has 124 valence electrons. The zero-order valence-corrected chi connectivity index (χ0v) is 13.1. The van der Waals surface area contributed by atoms with E-state index in [0.717, 1.165) is 12.1 Å². The van der Waals surface area contributed by atoms with Crippen LogP contribution in [0.25, 0.3) is 0 Å². The first-order valence-corrected chi connectivity index (χ1v) is 7.88. The summed E-state index contributed by atoms with van der Waals surface area (Å²) in [5.74, 6) is 0.0816. The summed E-state index contributed by atoms with van der Waals surface area (Å²) in [6.07, 6.45) is 0. The first kappa shape index (κ1) is 17.6. The molecule has 2 aromatic rings. The molecule has 23 heavy (non-hydrogen) atoms. The van der Waals surface area contributed by atoms with E-state index >= 15 is 0 Å². The lowest BCUT2D eigenvalue weighted by Crippen LogP contribution is -2.29. The molecule has 0 bridgehead atoms. The molecule has 6 nitrogen and oxygen atoms in total. The summed E-state index contributed by atoms with van der Waals surface area (Å²) < 4.78 is 65.5. The summed E-state index contributed by atoms with van der Waals surface area (Å²) in [7, 11) is -5.53. The van der Waals surface area contributed by atoms with Crippen LogP contribution < -0.4 is 9.46 Å². The number of nitrogens with one attached hydrogen (secondary N) is 1. The van der Waals surface area contributed by atoms with Crippen LogP contribution in [0.5, 0.6) is 11.6 Å². The van der Waals surface area contributed by atoms with Crippen LogP contribution in [0.3, 0.4) is 0 Å². The van der Waals surface area contributed by atoms with E-state index in [1.165, 1.54) is 22.9 Å². The molecule has 0 radical (unpaired) electrons. The SMILES string of the molecule is O=S(=O)(Nc1ccc(Oc2ccc(Cl)nn2)c(Cl)c1)C(F)(F)F. The number of benzene rings is 1. The predicted octanol–water partition coefficient (Wildman–Crippen LogP) is 3.84. The Morgan fingerprint density at radius 3 is 2.30 bits per heavy atom. The third-order valence-corrected chi connectivity index (χ3v) is 3.92. The quantitative estimate of drug-likeness (QED) is 0.861. The molecule has 0 aliphatic heterocycles. The van der Waals surface area contributed by atoms with Crippen molar-refractivity contribution >= 4 is 38.9 Å². The van der Waals surface area contributed by atoms with Crippen molar-refractivity contribution in [2.75, 3.05) is 4.72 Å². The molecular formula is C11H6Cl2F3N3O3S. The van der Waals surface area contributed by atoms with Crippen LogP contribution in [0.4, 0.5) is 18.9 Å². The van der Waals surface area contributed by atoms with Crippen molar-refractivity contribution in [3.8, 4) is 11.6 Å². The molecular weight excluding hydrogens is 382 g/mol. The Morgan fingerprint density at radius 2 is 1.78 bits per heavy atom. The zero-order chi connectivity index (χ0) is 17.3. The van der Waals surface area contributed by atoms with Gasteiger partial charge in [-0.25, -0.2) is 0 Å². The van der Waals surface area contributed by atoms with Gasteiger partial charge in [0.1, 0.15) is 5.75 Å². The number of halogens is 5. The lowest BCUT2D eigenvalue weighted by atomic mass is 10.3. The van der Waals surface area contributed by atoms with Crippen molar-refractivity contribution in [1.29, 1.82) is 0 Å². The second-order valence-electron chi connectivity index (χ2n) is 3.99. The summed E-state index contributed by atoms with van der Waals surface area (Å²) >= 11 is 11.4. The molecule has 1 heterocycles. The Balaban J connectivity index is 2.20. The molecule has 0 aliphatic rings. The minimum Gasteiger partial charge on any atom is -0.436 e. The zero-order valence-electron chi connectivity index (χ0n) is 10.8. The van der Waals surface area contributed by atoms with E-state index in [-0.39, 0.29) is 27.5 Å². The standard InChI is InChI=1S/C11H6Cl2F3N3O3S/c12-7-5-6(19-23(20,21)11(14,15)16)1-2-8(7)22-10-4-3-9(13)17-18-10/h1-5,19H. The third-order valence-electron chi connectivity index (χ3n) is 2.31. The number of nitrogens with zero attached hydrogens (tertiary/aromatic N) is 2. The molecule has 0 amide bonds. The van der Waals surface area contributed by atoms with Gasteiger partial charge in [-0.2, -0.15) is 21.6 Å². The van der Waals surface area contributed by atoms with Crippen molar-refractivity contribution in [1.82, 2.24) is 10.2 Å². The smallest absolute Gasteiger partial charge is 0.436 e. The Bertz CT molecular complexity index is 814. The molecule has 12 heteroatoms. The molecule has 1 aromatic heterocycles. The fourth-order valence-corrected chi connectivity index (χ4v) is 2.20. The van der Waals surface area contributed by atoms with Crippen LogP contribution in [0.1, 0.15) is 0 Å². The van der Waals surface area contributed by atoms with Crippen LogP contribution in [-0.2, 0) is 10.0 Å². The largest absolute Gasteiger partial charge is 0.516 e. The molecule has 0 fully saturated rings. The summed E-state index contributed by atoms with van der Waals surface area (Å²) in [6.45, 7) is 0. The maximum Gasteiger partial charge on any atom is 0.516 e. The molecule has 0 saturated carbocycles. The van der Waals surface area contributed by atoms with Crippen molar-refractivity contribution in [2.45, 2.75) is 5.51 Å². The van der Waals surface area contributed by atoms with Gasteiger partial charge in [-0.05, 0) is 24.3 Å². The third kappa shape index (κ3) is 4.36. The van der Waals surface area contributed by atoms with E-state index in [0.29, 0.717) is 0 Å². The molecule has 0 saturated heterocycles. The molecule has 2 rings (SSSR count). The van der Waals surface area contributed by atoms with Crippen molar-refractivity contribution in [3.63, 3.8) is 0 Å². The van der Waals surface area contributed by atoms with Gasteiger partial charge >= 0.3 is 15.5 Å². The molecule has 0 aliphatic carbocycles. The lowest BCUT2D eigenvalue weighted by molar-refractivity contribution is -0.0429. The average Bonchev–Trinajstić information content (AvgIpc) is 2.42. The number of sulfonamides is 1. The molecule has 0 spiro atoms. The van der Waals surface area contributed by atoms with Crippen LogP contribution in [0.15, 0.2) is 30.3 Å². The monoisotopic (exact) mass is 387 g/mol. The van der Waals surface area contributed by atoms with Crippen molar-refractivity contribution < 1.29 is 26.3 Å². The number of ether oxygens (including phenoxy) is 1.